The Kier molecular flexibility index (Phi) is 5.42. The van der Waals surface area contributed by atoms with Gasteiger partial charge < -0.3 is 9.47 Å². The van der Waals surface area contributed by atoms with Crippen LogP contribution in [0, 0.1) is 5.92 Å². The standard InChI is InChI=1S/C22H18Cl2O4/c23-15-7-6-14(18(24)11-15)10-20-21(25)17-9-8-16(12-19(17)28-20)27-22(26)13-4-2-1-3-5-13/h6-13H,1-5H2. The molecule has 0 unspecified atom stereocenters. The SMILES string of the molecule is O=C1C(=Cc2ccc(Cl)cc2Cl)Oc2cc(OC(=O)C3CCCCC3)ccc21. The molecule has 2 aromatic rings. The molecule has 1 aliphatic heterocycles. The average Bonchev–Trinajstić information content (AvgIpc) is 2.99. The van der Waals surface area contributed by atoms with E-state index in [0.717, 1.165) is 25.7 Å². The first-order valence-corrected chi connectivity index (χ1v) is 10.0. The lowest BCUT2D eigenvalue weighted by atomic mass is 9.89. The summed E-state index contributed by atoms with van der Waals surface area (Å²) in [6.07, 6.45) is 6.60. The molecule has 2 aromatic carbocycles. The van der Waals surface area contributed by atoms with Crippen molar-refractivity contribution in [1.82, 2.24) is 0 Å². The minimum atomic E-state index is -0.244. The third-order valence-corrected chi connectivity index (χ3v) is 5.61. The summed E-state index contributed by atoms with van der Waals surface area (Å²) in [6, 6.07) is 9.83. The summed E-state index contributed by atoms with van der Waals surface area (Å²) in [5.41, 5.74) is 1.06. The molecule has 0 saturated heterocycles. The molecule has 2 aliphatic rings. The summed E-state index contributed by atoms with van der Waals surface area (Å²) in [5, 5.41) is 0.938. The van der Waals surface area contributed by atoms with E-state index in [-0.39, 0.29) is 23.4 Å². The van der Waals surface area contributed by atoms with E-state index in [9.17, 15) is 9.59 Å². The number of halogens is 2. The second-order valence-electron chi connectivity index (χ2n) is 7.02. The van der Waals surface area contributed by atoms with E-state index in [4.69, 9.17) is 32.7 Å². The predicted molar refractivity (Wildman–Crippen MR) is 108 cm³/mol. The number of rotatable bonds is 3. The lowest BCUT2D eigenvalue weighted by Gasteiger charge is -2.19. The van der Waals surface area contributed by atoms with E-state index in [1.165, 1.54) is 6.42 Å². The first-order valence-electron chi connectivity index (χ1n) is 9.26. The highest BCUT2D eigenvalue weighted by molar-refractivity contribution is 6.35. The topological polar surface area (TPSA) is 52.6 Å². The lowest BCUT2D eigenvalue weighted by molar-refractivity contribution is -0.139. The smallest absolute Gasteiger partial charge is 0.314 e. The summed E-state index contributed by atoms with van der Waals surface area (Å²) < 4.78 is 11.2. The van der Waals surface area contributed by atoms with E-state index < -0.39 is 0 Å². The van der Waals surface area contributed by atoms with Gasteiger partial charge in [-0.1, -0.05) is 48.5 Å². The van der Waals surface area contributed by atoms with Gasteiger partial charge in [0, 0.05) is 16.1 Å². The molecular weight excluding hydrogens is 399 g/mol. The Hall–Kier alpha value is -2.30. The average molecular weight is 417 g/mol. The largest absolute Gasteiger partial charge is 0.452 e. The Labute approximate surface area is 173 Å². The Bertz CT molecular complexity index is 974. The Morgan fingerprint density at radius 2 is 1.86 bits per heavy atom. The lowest BCUT2D eigenvalue weighted by Crippen LogP contribution is -2.22. The van der Waals surface area contributed by atoms with Crippen LogP contribution in [0.3, 0.4) is 0 Å². The zero-order valence-electron chi connectivity index (χ0n) is 15.0. The van der Waals surface area contributed by atoms with Crippen LogP contribution in [0.15, 0.2) is 42.2 Å². The number of hydrogen-bond donors (Lipinski definition) is 0. The van der Waals surface area contributed by atoms with Crippen molar-refractivity contribution in [2.24, 2.45) is 5.92 Å². The number of esters is 1. The van der Waals surface area contributed by atoms with Gasteiger partial charge in [-0.15, -0.1) is 0 Å². The minimum Gasteiger partial charge on any atom is -0.452 e. The van der Waals surface area contributed by atoms with Crippen LogP contribution in [0.2, 0.25) is 10.0 Å². The van der Waals surface area contributed by atoms with Gasteiger partial charge in [0.2, 0.25) is 5.78 Å². The zero-order chi connectivity index (χ0) is 19.7. The number of ketones is 1. The molecule has 4 rings (SSSR count). The summed E-state index contributed by atoms with van der Waals surface area (Å²) in [6.45, 7) is 0. The van der Waals surface area contributed by atoms with Gasteiger partial charge in [0.15, 0.2) is 5.76 Å². The number of carbonyl (C=O) groups excluding carboxylic acids is 2. The van der Waals surface area contributed by atoms with Crippen molar-refractivity contribution in [3.63, 3.8) is 0 Å². The Balaban J connectivity index is 1.52. The molecule has 144 valence electrons. The van der Waals surface area contributed by atoms with Gasteiger partial charge in [-0.2, -0.15) is 0 Å². The molecule has 0 aromatic heterocycles. The van der Waals surface area contributed by atoms with Crippen molar-refractivity contribution >= 4 is 41.0 Å². The second-order valence-corrected chi connectivity index (χ2v) is 7.86. The molecular formula is C22H18Cl2O4. The highest BCUT2D eigenvalue weighted by Crippen LogP contribution is 2.36. The number of ether oxygens (including phenoxy) is 2. The quantitative estimate of drug-likeness (QED) is 0.344. The number of allylic oxidation sites excluding steroid dienone is 1. The molecule has 1 fully saturated rings. The molecule has 0 spiro atoms. The summed E-state index contributed by atoms with van der Waals surface area (Å²) in [4.78, 5) is 24.9. The third kappa shape index (κ3) is 3.94. The second kappa shape index (κ2) is 7.98. The van der Waals surface area contributed by atoms with Crippen molar-refractivity contribution in [3.8, 4) is 11.5 Å². The van der Waals surface area contributed by atoms with Gasteiger partial charge in [-0.05, 0) is 48.7 Å². The molecule has 1 heterocycles. The van der Waals surface area contributed by atoms with E-state index in [2.05, 4.69) is 0 Å². The zero-order valence-corrected chi connectivity index (χ0v) is 16.6. The van der Waals surface area contributed by atoms with Gasteiger partial charge >= 0.3 is 5.97 Å². The van der Waals surface area contributed by atoms with E-state index in [0.29, 0.717) is 32.7 Å². The van der Waals surface area contributed by atoms with E-state index in [1.54, 1.807) is 42.5 Å². The van der Waals surface area contributed by atoms with Crippen molar-refractivity contribution in [3.05, 3.63) is 63.3 Å². The molecule has 1 saturated carbocycles. The highest BCUT2D eigenvalue weighted by Gasteiger charge is 2.29. The molecule has 0 N–H and O–H groups in total. The number of fused-ring (bicyclic) bond motifs is 1. The fourth-order valence-corrected chi connectivity index (χ4v) is 3.99. The van der Waals surface area contributed by atoms with Gasteiger partial charge in [0.25, 0.3) is 0 Å². The van der Waals surface area contributed by atoms with Gasteiger partial charge in [0.1, 0.15) is 11.5 Å². The first kappa shape index (κ1) is 19.0. The van der Waals surface area contributed by atoms with Crippen LogP contribution in [0.5, 0.6) is 11.5 Å². The van der Waals surface area contributed by atoms with Crippen LogP contribution >= 0.6 is 23.2 Å². The van der Waals surface area contributed by atoms with Crippen molar-refractivity contribution in [2.75, 3.05) is 0 Å². The van der Waals surface area contributed by atoms with Gasteiger partial charge in [-0.25, -0.2) is 0 Å². The number of benzene rings is 2. The van der Waals surface area contributed by atoms with E-state index in [1.807, 2.05) is 0 Å². The van der Waals surface area contributed by atoms with E-state index >= 15 is 0 Å². The molecule has 28 heavy (non-hydrogen) atoms. The number of Topliss-reactive ketones (excluding diaryl/α,β-unsaturated/α-hetero) is 1. The van der Waals surface area contributed by atoms with Crippen LogP contribution in [0.4, 0.5) is 0 Å². The molecule has 0 atom stereocenters. The maximum atomic E-state index is 12.6. The normalized spacial score (nSPS) is 18.1. The molecule has 0 radical (unpaired) electrons. The third-order valence-electron chi connectivity index (χ3n) is 5.05. The molecule has 1 aliphatic carbocycles. The highest BCUT2D eigenvalue weighted by atomic mass is 35.5. The summed E-state index contributed by atoms with van der Waals surface area (Å²) >= 11 is 12.1. The van der Waals surface area contributed by atoms with Crippen LogP contribution in [0.25, 0.3) is 6.08 Å². The molecule has 4 nitrogen and oxygen atoms in total. The van der Waals surface area contributed by atoms with Crippen molar-refractivity contribution in [1.29, 1.82) is 0 Å². The number of hydrogen-bond acceptors (Lipinski definition) is 4. The maximum absolute atomic E-state index is 12.6. The van der Waals surface area contributed by atoms with Crippen molar-refractivity contribution in [2.45, 2.75) is 32.1 Å². The van der Waals surface area contributed by atoms with Gasteiger partial charge in [0.05, 0.1) is 11.5 Å². The fraction of sp³-hybridized carbons (Fsp3) is 0.273. The van der Waals surface area contributed by atoms with Crippen LogP contribution in [0.1, 0.15) is 48.0 Å². The molecule has 0 bridgehead atoms. The number of carbonyl (C=O) groups is 2. The fourth-order valence-electron chi connectivity index (χ4n) is 3.53. The maximum Gasteiger partial charge on any atom is 0.314 e. The predicted octanol–water partition coefficient (Wildman–Crippen LogP) is 6.10. The van der Waals surface area contributed by atoms with Crippen LogP contribution in [-0.2, 0) is 4.79 Å². The summed E-state index contributed by atoms with van der Waals surface area (Å²) in [5.74, 6) is 0.407. The monoisotopic (exact) mass is 416 g/mol. The Morgan fingerprint density at radius 1 is 1.07 bits per heavy atom. The molecule has 6 heteroatoms. The first-order chi connectivity index (χ1) is 13.5. The van der Waals surface area contributed by atoms with Crippen LogP contribution in [-0.4, -0.2) is 11.8 Å². The van der Waals surface area contributed by atoms with Crippen LogP contribution < -0.4 is 9.47 Å². The minimum absolute atomic E-state index is 0.0490. The van der Waals surface area contributed by atoms with Gasteiger partial charge in [-0.3, -0.25) is 9.59 Å². The summed E-state index contributed by atoms with van der Waals surface area (Å²) in [7, 11) is 0. The van der Waals surface area contributed by atoms with Crippen molar-refractivity contribution < 1.29 is 19.1 Å². The Morgan fingerprint density at radius 3 is 2.61 bits per heavy atom. The molecule has 0 amide bonds.